The molecule has 22 heavy (non-hydrogen) atoms. The molecule has 0 fully saturated rings. The molecule has 0 saturated carbocycles. The Morgan fingerprint density at radius 1 is 1.00 bits per heavy atom. The van der Waals surface area contributed by atoms with Crippen molar-refractivity contribution in [2.45, 2.75) is 6.92 Å². The van der Waals surface area contributed by atoms with Crippen LogP contribution in [0.1, 0.15) is 22.8 Å². The zero-order valence-electron chi connectivity index (χ0n) is 12.4. The van der Waals surface area contributed by atoms with Crippen molar-refractivity contribution in [3.05, 3.63) is 65.7 Å². The molecule has 0 aliphatic rings. The van der Waals surface area contributed by atoms with Crippen LogP contribution in [0.15, 0.2) is 54.6 Å². The topological polar surface area (TPSA) is 52.6 Å². The SMILES string of the molecule is COc1ccccc1C=CC(=O)Oc1ccc(C(C)=O)cc1. The Kier molecular flexibility index (Phi) is 5.09. The minimum Gasteiger partial charge on any atom is -0.496 e. The molecule has 0 saturated heterocycles. The highest BCUT2D eigenvalue weighted by molar-refractivity contribution is 5.94. The van der Waals surface area contributed by atoms with Gasteiger partial charge in [0.1, 0.15) is 11.5 Å². The van der Waals surface area contributed by atoms with Crippen molar-refractivity contribution in [1.82, 2.24) is 0 Å². The number of carbonyl (C=O) groups excluding carboxylic acids is 2. The molecular weight excluding hydrogens is 280 g/mol. The first-order valence-electron chi connectivity index (χ1n) is 6.74. The van der Waals surface area contributed by atoms with Gasteiger partial charge >= 0.3 is 5.97 Å². The second kappa shape index (κ2) is 7.22. The molecule has 2 aromatic rings. The minimum atomic E-state index is -0.499. The fourth-order valence-corrected chi connectivity index (χ4v) is 1.87. The summed E-state index contributed by atoms with van der Waals surface area (Å²) in [5.74, 6) is 0.535. The highest BCUT2D eigenvalue weighted by atomic mass is 16.5. The normalized spacial score (nSPS) is 10.5. The molecule has 0 aliphatic carbocycles. The average Bonchev–Trinajstić information content (AvgIpc) is 2.53. The van der Waals surface area contributed by atoms with Gasteiger partial charge in [-0.25, -0.2) is 4.79 Å². The van der Waals surface area contributed by atoms with E-state index in [1.54, 1.807) is 37.5 Å². The van der Waals surface area contributed by atoms with E-state index in [4.69, 9.17) is 9.47 Å². The zero-order chi connectivity index (χ0) is 15.9. The quantitative estimate of drug-likeness (QED) is 0.367. The molecule has 0 heterocycles. The van der Waals surface area contributed by atoms with Crippen LogP contribution in [0.4, 0.5) is 0 Å². The van der Waals surface area contributed by atoms with Gasteiger partial charge in [0.15, 0.2) is 5.78 Å². The van der Waals surface area contributed by atoms with Crippen LogP contribution < -0.4 is 9.47 Å². The first-order valence-corrected chi connectivity index (χ1v) is 6.74. The number of rotatable bonds is 5. The molecule has 0 amide bonds. The summed E-state index contributed by atoms with van der Waals surface area (Å²) >= 11 is 0. The van der Waals surface area contributed by atoms with E-state index < -0.39 is 5.97 Å². The molecular formula is C18H16O4. The van der Waals surface area contributed by atoms with Gasteiger partial charge in [0.2, 0.25) is 0 Å². The van der Waals surface area contributed by atoms with E-state index in [1.807, 2.05) is 24.3 Å². The van der Waals surface area contributed by atoms with Gasteiger partial charge in [0.05, 0.1) is 7.11 Å². The lowest BCUT2D eigenvalue weighted by atomic mass is 10.1. The molecule has 4 heteroatoms. The van der Waals surface area contributed by atoms with Crippen molar-refractivity contribution in [1.29, 1.82) is 0 Å². The van der Waals surface area contributed by atoms with E-state index in [9.17, 15) is 9.59 Å². The first-order chi connectivity index (χ1) is 10.6. The van der Waals surface area contributed by atoms with Gasteiger partial charge in [-0.05, 0) is 43.3 Å². The van der Waals surface area contributed by atoms with Crippen LogP contribution in [-0.4, -0.2) is 18.9 Å². The van der Waals surface area contributed by atoms with Crippen LogP contribution in [0.3, 0.4) is 0 Å². The fraction of sp³-hybridized carbons (Fsp3) is 0.111. The van der Waals surface area contributed by atoms with E-state index in [0.29, 0.717) is 17.1 Å². The lowest BCUT2D eigenvalue weighted by Crippen LogP contribution is -2.04. The Labute approximate surface area is 129 Å². The number of para-hydroxylation sites is 1. The number of methoxy groups -OCH3 is 1. The summed E-state index contributed by atoms with van der Waals surface area (Å²) < 4.78 is 10.4. The van der Waals surface area contributed by atoms with E-state index in [2.05, 4.69) is 0 Å². The third-order valence-corrected chi connectivity index (χ3v) is 3.02. The van der Waals surface area contributed by atoms with Gasteiger partial charge in [0.25, 0.3) is 0 Å². The Bertz CT molecular complexity index is 699. The predicted molar refractivity (Wildman–Crippen MR) is 84.1 cm³/mol. The number of Topliss-reactive ketones (excluding diaryl/α,β-unsaturated/α-hetero) is 1. The fourth-order valence-electron chi connectivity index (χ4n) is 1.87. The number of benzene rings is 2. The Hall–Kier alpha value is -2.88. The highest BCUT2D eigenvalue weighted by Gasteiger charge is 2.04. The number of ketones is 1. The lowest BCUT2D eigenvalue weighted by Gasteiger charge is -2.04. The maximum Gasteiger partial charge on any atom is 0.336 e. The van der Waals surface area contributed by atoms with Gasteiger partial charge in [0, 0.05) is 17.2 Å². The summed E-state index contributed by atoms with van der Waals surface area (Å²) in [5.41, 5.74) is 1.36. The summed E-state index contributed by atoms with van der Waals surface area (Å²) in [5, 5.41) is 0. The maximum absolute atomic E-state index is 11.8. The van der Waals surface area contributed by atoms with Crippen LogP contribution in [0.25, 0.3) is 6.08 Å². The zero-order valence-corrected chi connectivity index (χ0v) is 12.4. The standard InChI is InChI=1S/C18H16O4/c1-13(19)14-7-10-16(11-8-14)22-18(20)12-9-15-5-3-4-6-17(15)21-2/h3-12H,1-2H3. The Morgan fingerprint density at radius 3 is 2.32 bits per heavy atom. The van der Waals surface area contributed by atoms with Gasteiger partial charge in [-0.2, -0.15) is 0 Å². The number of esters is 1. The van der Waals surface area contributed by atoms with Gasteiger partial charge < -0.3 is 9.47 Å². The number of hydrogen-bond donors (Lipinski definition) is 0. The lowest BCUT2D eigenvalue weighted by molar-refractivity contribution is -0.128. The maximum atomic E-state index is 11.8. The molecule has 0 atom stereocenters. The summed E-state index contributed by atoms with van der Waals surface area (Å²) in [7, 11) is 1.57. The third-order valence-electron chi connectivity index (χ3n) is 3.02. The minimum absolute atomic E-state index is 0.0334. The van der Waals surface area contributed by atoms with Crippen molar-refractivity contribution in [3.63, 3.8) is 0 Å². The predicted octanol–water partition coefficient (Wildman–Crippen LogP) is 3.52. The van der Waals surface area contributed by atoms with Gasteiger partial charge in [-0.15, -0.1) is 0 Å². The number of hydrogen-bond acceptors (Lipinski definition) is 4. The molecule has 0 N–H and O–H groups in total. The highest BCUT2D eigenvalue weighted by Crippen LogP contribution is 2.19. The molecule has 4 nitrogen and oxygen atoms in total. The van der Waals surface area contributed by atoms with Crippen LogP contribution in [-0.2, 0) is 4.79 Å². The molecule has 2 aromatic carbocycles. The Balaban J connectivity index is 2.03. The van der Waals surface area contributed by atoms with Gasteiger partial charge in [-0.1, -0.05) is 18.2 Å². The molecule has 0 bridgehead atoms. The second-order valence-corrected chi connectivity index (χ2v) is 4.58. The monoisotopic (exact) mass is 296 g/mol. The van der Waals surface area contributed by atoms with Crippen LogP contribution in [0.2, 0.25) is 0 Å². The third kappa shape index (κ3) is 4.06. The van der Waals surface area contributed by atoms with Crippen molar-refractivity contribution in [2.75, 3.05) is 7.11 Å². The summed E-state index contributed by atoms with van der Waals surface area (Å²) in [4.78, 5) is 23.0. The summed E-state index contributed by atoms with van der Waals surface area (Å²) in [6.07, 6.45) is 2.96. The van der Waals surface area contributed by atoms with Crippen molar-refractivity contribution in [2.24, 2.45) is 0 Å². The van der Waals surface area contributed by atoms with Gasteiger partial charge in [-0.3, -0.25) is 4.79 Å². The number of ether oxygens (including phenoxy) is 2. The smallest absolute Gasteiger partial charge is 0.336 e. The van der Waals surface area contributed by atoms with Crippen LogP contribution in [0.5, 0.6) is 11.5 Å². The van der Waals surface area contributed by atoms with E-state index in [0.717, 1.165) is 5.56 Å². The molecule has 0 aromatic heterocycles. The average molecular weight is 296 g/mol. The van der Waals surface area contributed by atoms with Crippen LogP contribution in [0, 0.1) is 0 Å². The Morgan fingerprint density at radius 2 is 1.68 bits per heavy atom. The van der Waals surface area contributed by atoms with E-state index in [-0.39, 0.29) is 5.78 Å². The van der Waals surface area contributed by atoms with E-state index in [1.165, 1.54) is 13.0 Å². The summed E-state index contributed by atoms with van der Waals surface area (Å²) in [6, 6.07) is 13.8. The molecule has 112 valence electrons. The molecule has 0 aliphatic heterocycles. The van der Waals surface area contributed by atoms with Crippen molar-refractivity contribution < 1.29 is 19.1 Å². The molecule has 2 rings (SSSR count). The molecule has 0 unspecified atom stereocenters. The largest absolute Gasteiger partial charge is 0.496 e. The first kappa shape index (κ1) is 15.5. The second-order valence-electron chi connectivity index (χ2n) is 4.58. The van der Waals surface area contributed by atoms with Crippen molar-refractivity contribution >= 4 is 17.8 Å². The van der Waals surface area contributed by atoms with E-state index >= 15 is 0 Å². The number of carbonyl (C=O) groups is 2. The summed E-state index contributed by atoms with van der Waals surface area (Å²) in [6.45, 7) is 1.48. The van der Waals surface area contributed by atoms with Crippen LogP contribution >= 0.6 is 0 Å². The molecule has 0 spiro atoms. The van der Waals surface area contributed by atoms with Crippen molar-refractivity contribution in [3.8, 4) is 11.5 Å². The molecule has 0 radical (unpaired) electrons.